The van der Waals surface area contributed by atoms with Crippen LogP contribution in [-0.4, -0.2) is 18.8 Å². The topological polar surface area (TPSA) is 35.2 Å². The molecule has 0 saturated heterocycles. The molecule has 0 amide bonds. The number of methoxy groups -OCH3 is 1. The summed E-state index contributed by atoms with van der Waals surface area (Å²) < 4.78 is 5.33. The lowest BCUT2D eigenvalue weighted by Gasteiger charge is -2.32. The van der Waals surface area contributed by atoms with Gasteiger partial charge in [-0.25, -0.2) is 0 Å². The van der Waals surface area contributed by atoms with Crippen molar-refractivity contribution in [2.24, 2.45) is 5.73 Å². The first kappa shape index (κ1) is 10.7. The maximum atomic E-state index is 5.89. The van der Waals surface area contributed by atoms with Crippen LogP contribution in [0.5, 0.6) is 0 Å². The smallest absolute Gasteiger partial charge is 0.0801 e. The van der Waals surface area contributed by atoms with E-state index in [-0.39, 0.29) is 11.6 Å². The first-order valence-corrected chi connectivity index (χ1v) is 4.02. The Kier molecular flexibility index (Phi) is 4.38. The van der Waals surface area contributed by atoms with Crippen LogP contribution in [0.15, 0.2) is 12.7 Å². The maximum Gasteiger partial charge on any atom is 0.0801 e. The fourth-order valence-electron chi connectivity index (χ4n) is 0.987. The Morgan fingerprint density at radius 2 is 2.27 bits per heavy atom. The van der Waals surface area contributed by atoms with E-state index in [1.165, 1.54) is 0 Å². The van der Waals surface area contributed by atoms with Gasteiger partial charge in [-0.15, -0.1) is 6.58 Å². The molecule has 0 radical (unpaired) electrons. The van der Waals surface area contributed by atoms with Gasteiger partial charge >= 0.3 is 0 Å². The Bertz CT molecular complexity index is 119. The summed E-state index contributed by atoms with van der Waals surface area (Å²) in [4.78, 5) is 0. The highest BCUT2D eigenvalue weighted by molar-refractivity contribution is 4.90. The summed E-state index contributed by atoms with van der Waals surface area (Å²) in [5.41, 5.74) is 5.69. The summed E-state index contributed by atoms with van der Waals surface area (Å²) >= 11 is 0. The van der Waals surface area contributed by atoms with Crippen molar-refractivity contribution in [1.82, 2.24) is 0 Å². The third-order valence-electron chi connectivity index (χ3n) is 2.37. The average molecular weight is 157 g/mol. The molecule has 11 heavy (non-hydrogen) atoms. The quantitative estimate of drug-likeness (QED) is 0.616. The second-order valence-electron chi connectivity index (χ2n) is 3.00. The highest BCUT2D eigenvalue weighted by Crippen LogP contribution is 2.19. The highest BCUT2D eigenvalue weighted by atomic mass is 16.5. The Labute approximate surface area is 69.4 Å². The molecule has 0 aromatic rings. The Hall–Kier alpha value is -0.340. The molecule has 0 aromatic carbocycles. The van der Waals surface area contributed by atoms with Gasteiger partial charge in [0.25, 0.3) is 0 Å². The Morgan fingerprint density at radius 3 is 2.55 bits per heavy atom. The second-order valence-corrected chi connectivity index (χ2v) is 3.00. The van der Waals surface area contributed by atoms with Crippen LogP contribution < -0.4 is 5.73 Å². The molecule has 0 aliphatic rings. The Morgan fingerprint density at radius 1 is 1.73 bits per heavy atom. The average Bonchev–Trinajstić information content (AvgIpc) is 2.03. The van der Waals surface area contributed by atoms with Crippen LogP contribution in [0.2, 0.25) is 0 Å². The molecule has 2 heteroatoms. The number of rotatable bonds is 5. The summed E-state index contributed by atoms with van der Waals surface area (Å²) in [6.45, 7) is 7.75. The van der Waals surface area contributed by atoms with Crippen molar-refractivity contribution >= 4 is 0 Å². The van der Waals surface area contributed by atoms with E-state index in [1.54, 1.807) is 7.11 Å². The van der Waals surface area contributed by atoms with Gasteiger partial charge in [-0.05, 0) is 19.8 Å². The van der Waals surface area contributed by atoms with E-state index in [1.807, 2.05) is 13.0 Å². The minimum atomic E-state index is -0.200. The van der Waals surface area contributed by atoms with Gasteiger partial charge in [0.05, 0.1) is 5.60 Å². The van der Waals surface area contributed by atoms with Crippen LogP contribution in [0.25, 0.3) is 0 Å². The third-order valence-corrected chi connectivity index (χ3v) is 2.37. The molecular formula is C9H19NO. The largest absolute Gasteiger partial charge is 0.377 e. The molecule has 0 rings (SSSR count). The van der Waals surface area contributed by atoms with E-state index >= 15 is 0 Å². The maximum absolute atomic E-state index is 5.89. The first-order chi connectivity index (χ1) is 5.10. The van der Waals surface area contributed by atoms with Crippen molar-refractivity contribution in [1.29, 1.82) is 0 Å². The normalized spacial score (nSPS) is 18.9. The van der Waals surface area contributed by atoms with Crippen LogP contribution in [0.1, 0.15) is 26.7 Å². The van der Waals surface area contributed by atoms with Gasteiger partial charge in [-0.3, -0.25) is 0 Å². The van der Waals surface area contributed by atoms with Crippen molar-refractivity contribution in [3.05, 3.63) is 12.7 Å². The van der Waals surface area contributed by atoms with Crippen LogP contribution in [0.3, 0.4) is 0 Å². The van der Waals surface area contributed by atoms with Crippen molar-refractivity contribution in [2.75, 3.05) is 7.11 Å². The molecule has 2 unspecified atom stereocenters. The van der Waals surface area contributed by atoms with Crippen molar-refractivity contribution in [2.45, 2.75) is 38.3 Å². The summed E-state index contributed by atoms with van der Waals surface area (Å²) in [5.74, 6) is 0. The molecule has 66 valence electrons. The number of ether oxygens (including phenoxy) is 1. The monoisotopic (exact) mass is 157 g/mol. The molecule has 2 atom stereocenters. The number of hydrogen-bond acceptors (Lipinski definition) is 2. The van der Waals surface area contributed by atoms with Crippen molar-refractivity contribution in [3.63, 3.8) is 0 Å². The van der Waals surface area contributed by atoms with Gasteiger partial charge in [0.2, 0.25) is 0 Å². The molecule has 0 saturated carbocycles. The van der Waals surface area contributed by atoms with Crippen LogP contribution in [0, 0.1) is 0 Å². The zero-order valence-electron chi connectivity index (χ0n) is 7.76. The predicted octanol–water partition coefficient (Wildman–Crippen LogP) is 1.70. The Balaban J connectivity index is 4.10. The summed E-state index contributed by atoms with van der Waals surface area (Å²) in [7, 11) is 1.70. The van der Waals surface area contributed by atoms with Crippen LogP contribution in [-0.2, 0) is 4.74 Å². The highest BCUT2D eigenvalue weighted by Gasteiger charge is 2.28. The van der Waals surface area contributed by atoms with Crippen LogP contribution in [0.4, 0.5) is 0 Å². The van der Waals surface area contributed by atoms with Gasteiger partial charge in [0, 0.05) is 13.2 Å². The number of hydrogen-bond donors (Lipinski definition) is 1. The SMILES string of the molecule is C=CCC(N)C(C)(CC)OC. The van der Waals surface area contributed by atoms with Gasteiger partial charge in [-0.1, -0.05) is 13.0 Å². The molecule has 0 fully saturated rings. The van der Waals surface area contributed by atoms with E-state index in [9.17, 15) is 0 Å². The number of nitrogens with two attached hydrogens (primary N) is 1. The van der Waals surface area contributed by atoms with E-state index in [4.69, 9.17) is 10.5 Å². The molecule has 2 nitrogen and oxygen atoms in total. The summed E-state index contributed by atoms with van der Waals surface area (Å²) in [5, 5.41) is 0. The summed E-state index contributed by atoms with van der Waals surface area (Å²) in [6.07, 6.45) is 3.56. The van der Waals surface area contributed by atoms with Gasteiger partial charge in [0.1, 0.15) is 0 Å². The molecule has 2 N–H and O–H groups in total. The van der Waals surface area contributed by atoms with E-state index in [0.29, 0.717) is 0 Å². The molecule has 0 aliphatic carbocycles. The minimum absolute atomic E-state index is 0.0509. The molecule has 0 bridgehead atoms. The lowest BCUT2D eigenvalue weighted by molar-refractivity contribution is -0.0178. The van der Waals surface area contributed by atoms with Crippen molar-refractivity contribution in [3.8, 4) is 0 Å². The van der Waals surface area contributed by atoms with Gasteiger partial charge in [-0.2, -0.15) is 0 Å². The zero-order valence-corrected chi connectivity index (χ0v) is 7.76. The van der Waals surface area contributed by atoms with Gasteiger partial charge in [0.15, 0.2) is 0 Å². The minimum Gasteiger partial charge on any atom is -0.377 e. The lowest BCUT2D eigenvalue weighted by Crippen LogP contribution is -2.46. The van der Waals surface area contributed by atoms with E-state index in [2.05, 4.69) is 13.5 Å². The second kappa shape index (κ2) is 4.52. The predicted molar refractivity (Wildman–Crippen MR) is 48.5 cm³/mol. The van der Waals surface area contributed by atoms with E-state index < -0.39 is 0 Å². The molecule has 0 heterocycles. The fourth-order valence-corrected chi connectivity index (χ4v) is 0.987. The first-order valence-electron chi connectivity index (χ1n) is 4.02. The van der Waals surface area contributed by atoms with Crippen molar-refractivity contribution < 1.29 is 4.74 Å². The molecule has 0 aliphatic heterocycles. The van der Waals surface area contributed by atoms with Gasteiger partial charge < -0.3 is 10.5 Å². The zero-order chi connectivity index (χ0) is 8.91. The lowest BCUT2D eigenvalue weighted by atomic mass is 9.91. The summed E-state index contributed by atoms with van der Waals surface area (Å²) in [6, 6.07) is 0.0509. The standard InChI is InChI=1S/C9H19NO/c1-5-7-8(10)9(3,6-2)11-4/h5,8H,1,6-7,10H2,2-4H3. The third kappa shape index (κ3) is 2.64. The fraction of sp³-hybridized carbons (Fsp3) is 0.778. The molecule has 0 spiro atoms. The van der Waals surface area contributed by atoms with E-state index in [0.717, 1.165) is 12.8 Å². The molecule has 0 aromatic heterocycles. The molecular weight excluding hydrogens is 138 g/mol. The van der Waals surface area contributed by atoms with Crippen LogP contribution >= 0.6 is 0 Å².